The Bertz CT molecular complexity index is 1550. The van der Waals surface area contributed by atoms with E-state index < -0.39 is 0 Å². The molecule has 0 atom stereocenters. The van der Waals surface area contributed by atoms with Gasteiger partial charge in [0.15, 0.2) is 5.78 Å². The van der Waals surface area contributed by atoms with Crippen LogP contribution >= 0.6 is 0 Å². The van der Waals surface area contributed by atoms with E-state index in [0.717, 1.165) is 48.4 Å². The lowest BCUT2D eigenvalue weighted by atomic mass is 10.0. The maximum Gasteiger partial charge on any atom is 0.254 e. The molecule has 3 heterocycles. The third-order valence-electron chi connectivity index (χ3n) is 8.60. The van der Waals surface area contributed by atoms with Crippen molar-refractivity contribution in [1.29, 1.82) is 0 Å². The fourth-order valence-corrected chi connectivity index (χ4v) is 6.13. The fraction of sp³-hybridized carbons (Fsp3) is 0.278. The molecule has 7 heteroatoms. The second-order valence-corrected chi connectivity index (χ2v) is 11.3. The van der Waals surface area contributed by atoms with Crippen LogP contribution in [-0.2, 0) is 0 Å². The zero-order valence-electron chi connectivity index (χ0n) is 24.5. The Hall–Kier alpha value is -4.62. The summed E-state index contributed by atoms with van der Waals surface area (Å²) in [6.07, 6.45) is 1.80. The topological polar surface area (TPSA) is 73.8 Å². The molecule has 2 aliphatic rings. The molecular formula is C36H36N4O3. The summed E-state index contributed by atoms with van der Waals surface area (Å²) in [7, 11) is 0. The molecule has 7 nitrogen and oxygen atoms in total. The number of hydrogen-bond acceptors (Lipinski definition) is 5. The molecule has 218 valence electrons. The number of piperidine rings is 1. The number of carbonyl (C=O) groups excluding carboxylic acids is 3. The van der Waals surface area contributed by atoms with E-state index in [4.69, 9.17) is 4.98 Å². The molecule has 0 N–H and O–H groups in total. The van der Waals surface area contributed by atoms with Crippen molar-refractivity contribution in [3.8, 4) is 22.5 Å². The van der Waals surface area contributed by atoms with E-state index in [1.807, 2.05) is 82.6 Å². The molecule has 1 aromatic heterocycles. The summed E-state index contributed by atoms with van der Waals surface area (Å²) in [4.78, 5) is 49.8. The van der Waals surface area contributed by atoms with Crippen LogP contribution in [-0.4, -0.2) is 82.6 Å². The Labute approximate surface area is 252 Å². The average molecular weight is 573 g/mol. The normalized spacial score (nSPS) is 16.2. The van der Waals surface area contributed by atoms with Crippen LogP contribution in [0.2, 0.25) is 0 Å². The molecule has 6 rings (SSSR count). The summed E-state index contributed by atoms with van der Waals surface area (Å²) in [5, 5.41) is 0. The number of nitrogens with zero attached hydrogens (tertiary/aromatic N) is 4. The number of pyridine rings is 1. The number of amides is 2. The minimum atomic E-state index is -0.0387. The Morgan fingerprint density at radius 1 is 0.581 bits per heavy atom. The molecule has 2 fully saturated rings. The second-order valence-electron chi connectivity index (χ2n) is 11.3. The fourth-order valence-electron chi connectivity index (χ4n) is 6.13. The smallest absolute Gasteiger partial charge is 0.254 e. The Morgan fingerprint density at radius 2 is 1.09 bits per heavy atom. The van der Waals surface area contributed by atoms with Crippen molar-refractivity contribution >= 4 is 17.6 Å². The van der Waals surface area contributed by atoms with Crippen molar-refractivity contribution in [1.82, 2.24) is 19.7 Å². The predicted molar refractivity (Wildman–Crippen MR) is 168 cm³/mol. The summed E-state index contributed by atoms with van der Waals surface area (Å²) in [5.41, 5.74) is 5.33. The van der Waals surface area contributed by atoms with Gasteiger partial charge in [0.1, 0.15) is 0 Å². The van der Waals surface area contributed by atoms with Gasteiger partial charge in [0.25, 0.3) is 11.8 Å². The summed E-state index contributed by atoms with van der Waals surface area (Å²) in [5.74, 6) is -0.0214. The number of carbonyl (C=O) groups is 3. The minimum absolute atomic E-state index is 0.0148. The Morgan fingerprint density at radius 3 is 1.65 bits per heavy atom. The van der Waals surface area contributed by atoms with Crippen LogP contribution in [0.15, 0.2) is 97.1 Å². The van der Waals surface area contributed by atoms with E-state index in [-0.39, 0.29) is 17.6 Å². The van der Waals surface area contributed by atoms with Gasteiger partial charge in [-0.25, -0.2) is 4.98 Å². The third kappa shape index (κ3) is 6.42. The van der Waals surface area contributed by atoms with Crippen molar-refractivity contribution in [3.63, 3.8) is 0 Å². The third-order valence-corrected chi connectivity index (χ3v) is 8.60. The maximum absolute atomic E-state index is 13.8. The first-order valence-electron chi connectivity index (χ1n) is 15.0. The standard InChI is InChI=1S/C36H36N4O3/c1-26(41)29-13-8-14-30(23-29)35(42)39-17-15-32(16-18-39)38-19-21-40(22-20-38)36(43)31-24-33(27-9-4-2-5-10-27)37-34(25-31)28-11-6-3-7-12-28/h2-14,23-25,32H,15-22H2,1H3. The summed E-state index contributed by atoms with van der Waals surface area (Å²) in [6.45, 7) is 5.85. The molecule has 0 bridgehead atoms. The lowest BCUT2D eigenvalue weighted by molar-refractivity contribution is 0.0412. The van der Waals surface area contributed by atoms with Crippen LogP contribution in [0, 0.1) is 0 Å². The van der Waals surface area contributed by atoms with Gasteiger partial charge in [0.05, 0.1) is 11.4 Å². The summed E-state index contributed by atoms with van der Waals surface area (Å²) in [6, 6.07) is 31.2. The predicted octanol–water partition coefficient (Wildman–Crippen LogP) is 5.68. The summed E-state index contributed by atoms with van der Waals surface area (Å²) < 4.78 is 0. The minimum Gasteiger partial charge on any atom is -0.339 e. The van der Waals surface area contributed by atoms with E-state index in [2.05, 4.69) is 4.90 Å². The van der Waals surface area contributed by atoms with E-state index in [0.29, 0.717) is 48.9 Å². The number of Topliss-reactive ketones (excluding diaryl/α,β-unsaturated/α-hetero) is 1. The van der Waals surface area contributed by atoms with Gasteiger partial charge < -0.3 is 9.80 Å². The molecule has 3 aromatic carbocycles. The Kier molecular flexibility index (Phi) is 8.43. The lowest BCUT2D eigenvalue weighted by Gasteiger charge is -2.42. The SMILES string of the molecule is CC(=O)c1cccc(C(=O)N2CCC(N3CCN(C(=O)c4cc(-c5ccccc5)nc(-c5ccccc5)c4)CC3)CC2)c1. The number of aromatic nitrogens is 1. The highest BCUT2D eigenvalue weighted by Crippen LogP contribution is 2.26. The van der Waals surface area contributed by atoms with E-state index in [1.165, 1.54) is 6.92 Å². The van der Waals surface area contributed by atoms with Crippen molar-refractivity contribution in [2.45, 2.75) is 25.8 Å². The molecular weight excluding hydrogens is 536 g/mol. The van der Waals surface area contributed by atoms with Crippen LogP contribution in [0.4, 0.5) is 0 Å². The van der Waals surface area contributed by atoms with Gasteiger partial charge >= 0.3 is 0 Å². The van der Waals surface area contributed by atoms with Crippen molar-refractivity contribution < 1.29 is 14.4 Å². The second kappa shape index (κ2) is 12.7. The number of benzene rings is 3. The number of hydrogen-bond donors (Lipinski definition) is 0. The van der Waals surface area contributed by atoms with Crippen LogP contribution in [0.3, 0.4) is 0 Å². The lowest BCUT2D eigenvalue weighted by Crippen LogP contribution is -2.54. The molecule has 2 saturated heterocycles. The van der Waals surface area contributed by atoms with Crippen LogP contribution in [0.5, 0.6) is 0 Å². The highest BCUT2D eigenvalue weighted by atomic mass is 16.2. The van der Waals surface area contributed by atoms with Crippen LogP contribution < -0.4 is 0 Å². The molecule has 0 unspecified atom stereocenters. The van der Waals surface area contributed by atoms with Gasteiger partial charge in [-0.15, -0.1) is 0 Å². The number of piperazine rings is 1. The zero-order valence-corrected chi connectivity index (χ0v) is 24.5. The first kappa shape index (κ1) is 28.5. The van der Waals surface area contributed by atoms with Gasteiger partial charge in [-0.3, -0.25) is 19.3 Å². The Balaban J connectivity index is 1.09. The molecule has 0 aliphatic carbocycles. The molecule has 2 aliphatic heterocycles. The molecule has 43 heavy (non-hydrogen) atoms. The van der Waals surface area contributed by atoms with Crippen molar-refractivity contribution in [2.75, 3.05) is 39.3 Å². The molecule has 2 amide bonds. The first-order valence-corrected chi connectivity index (χ1v) is 15.0. The number of likely N-dealkylation sites (tertiary alicyclic amines) is 1. The highest BCUT2D eigenvalue weighted by molar-refractivity contribution is 5.99. The number of rotatable bonds is 6. The van der Waals surface area contributed by atoms with Crippen molar-refractivity contribution in [2.24, 2.45) is 0 Å². The van der Waals surface area contributed by atoms with Gasteiger partial charge in [0.2, 0.25) is 0 Å². The monoisotopic (exact) mass is 572 g/mol. The number of ketones is 1. The van der Waals surface area contributed by atoms with E-state index >= 15 is 0 Å². The van der Waals surface area contributed by atoms with E-state index in [1.54, 1.807) is 24.3 Å². The van der Waals surface area contributed by atoms with Crippen LogP contribution in [0.25, 0.3) is 22.5 Å². The first-order chi connectivity index (χ1) is 21.0. The molecule has 0 radical (unpaired) electrons. The molecule has 0 saturated carbocycles. The van der Waals surface area contributed by atoms with Gasteiger partial charge in [0, 0.05) is 73.1 Å². The van der Waals surface area contributed by atoms with Gasteiger partial charge in [-0.1, -0.05) is 72.8 Å². The highest BCUT2D eigenvalue weighted by Gasteiger charge is 2.31. The average Bonchev–Trinajstić information content (AvgIpc) is 3.08. The molecule has 4 aromatic rings. The largest absolute Gasteiger partial charge is 0.339 e. The van der Waals surface area contributed by atoms with Crippen molar-refractivity contribution in [3.05, 3.63) is 114 Å². The van der Waals surface area contributed by atoms with Crippen LogP contribution in [0.1, 0.15) is 50.8 Å². The summed E-state index contributed by atoms with van der Waals surface area (Å²) >= 11 is 0. The van der Waals surface area contributed by atoms with Gasteiger partial charge in [-0.2, -0.15) is 0 Å². The zero-order chi connectivity index (χ0) is 29.8. The maximum atomic E-state index is 13.8. The molecule has 0 spiro atoms. The van der Waals surface area contributed by atoms with E-state index in [9.17, 15) is 14.4 Å². The van der Waals surface area contributed by atoms with Gasteiger partial charge in [-0.05, 0) is 44.0 Å². The quantitative estimate of drug-likeness (QED) is 0.278.